The van der Waals surface area contributed by atoms with Gasteiger partial charge >= 0.3 is 0 Å². The van der Waals surface area contributed by atoms with Gasteiger partial charge in [-0.15, -0.1) is 0 Å². The van der Waals surface area contributed by atoms with Crippen LogP contribution in [0.2, 0.25) is 10.0 Å². The third kappa shape index (κ3) is 3.60. The quantitative estimate of drug-likeness (QED) is 0.644. The van der Waals surface area contributed by atoms with Gasteiger partial charge in [0.25, 0.3) is 0 Å². The molecule has 0 amide bonds. The van der Waals surface area contributed by atoms with E-state index in [1.807, 2.05) is 30.3 Å². The number of halogens is 3. The van der Waals surface area contributed by atoms with Crippen molar-refractivity contribution in [2.75, 3.05) is 7.11 Å². The van der Waals surface area contributed by atoms with Crippen LogP contribution in [0.1, 0.15) is 11.1 Å². The van der Waals surface area contributed by atoms with Crippen molar-refractivity contribution in [3.05, 3.63) is 57.6 Å². The van der Waals surface area contributed by atoms with Crippen LogP contribution in [-0.2, 0) is 11.9 Å². The molecule has 2 rings (SSSR count). The molecule has 106 valence electrons. The summed E-state index contributed by atoms with van der Waals surface area (Å²) in [4.78, 5) is 0. The molecule has 0 unspecified atom stereocenters. The Kier molecular flexibility index (Phi) is 5.58. The molecule has 0 saturated carbocycles. The molecule has 0 aliphatic carbocycles. The number of benzene rings is 2. The van der Waals surface area contributed by atoms with Crippen molar-refractivity contribution in [2.45, 2.75) is 11.9 Å². The average molecular weight is 376 g/mol. The number of methoxy groups -OCH3 is 1. The fraction of sp³-hybridized carbons (Fsp3) is 0.200. The molecule has 0 saturated heterocycles. The Morgan fingerprint density at radius 2 is 1.90 bits per heavy atom. The molecule has 0 atom stereocenters. The van der Waals surface area contributed by atoms with Crippen molar-refractivity contribution in [3.63, 3.8) is 0 Å². The van der Waals surface area contributed by atoms with Crippen LogP contribution in [0, 0.1) is 0 Å². The van der Waals surface area contributed by atoms with Gasteiger partial charge in [0, 0.05) is 26.5 Å². The molecule has 2 nitrogen and oxygen atoms in total. The molecule has 0 spiro atoms. The second-order valence-electron chi connectivity index (χ2n) is 4.09. The molecule has 0 aliphatic rings. The minimum atomic E-state index is 0.365. The van der Waals surface area contributed by atoms with Gasteiger partial charge in [0.1, 0.15) is 18.1 Å². The van der Waals surface area contributed by atoms with Crippen LogP contribution in [0.25, 0.3) is 0 Å². The molecule has 5 heteroatoms. The number of alkyl halides is 1. The lowest BCUT2D eigenvalue weighted by Gasteiger charge is -2.13. The van der Waals surface area contributed by atoms with Gasteiger partial charge in [-0.2, -0.15) is 0 Å². The smallest absolute Gasteiger partial charge is 0.125 e. The Labute approximate surface area is 136 Å². The van der Waals surface area contributed by atoms with Gasteiger partial charge in [-0.1, -0.05) is 45.2 Å². The Morgan fingerprint density at radius 1 is 1.10 bits per heavy atom. The Hall–Kier alpha value is -0.900. The summed E-state index contributed by atoms with van der Waals surface area (Å²) < 4.78 is 11.1. The van der Waals surface area contributed by atoms with E-state index >= 15 is 0 Å². The first-order chi connectivity index (χ1) is 9.65. The minimum absolute atomic E-state index is 0.365. The molecule has 0 N–H and O–H groups in total. The SMILES string of the molecule is COc1ccc(Cl)cc1COc1cccc(Cl)c1CBr. The minimum Gasteiger partial charge on any atom is -0.496 e. The van der Waals surface area contributed by atoms with Gasteiger partial charge in [-0.05, 0) is 30.3 Å². The summed E-state index contributed by atoms with van der Waals surface area (Å²) in [6.45, 7) is 0.365. The van der Waals surface area contributed by atoms with E-state index in [1.54, 1.807) is 13.2 Å². The number of ether oxygens (including phenoxy) is 2. The molecule has 20 heavy (non-hydrogen) atoms. The molecular formula is C15H13BrCl2O2. The Morgan fingerprint density at radius 3 is 2.60 bits per heavy atom. The zero-order valence-electron chi connectivity index (χ0n) is 10.8. The summed E-state index contributed by atoms with van der Waals surface area (Å²) in [6.07, 6.45) is 0. The molecular weight excluding hydrogens is 363 g/mol. The zero-order chi connectivity index (χ0) is 14.5. The Bertz CT molecular complexity index is 600. The predicted molar refractivity (Wildman–Crippen MR) is 86.4 cm³/mol. The van der Waals surface area contributed by atoms with Crippen molar-refractivity contribution in [3.8, 4) is 11.5 Å². The van der Waals surface area contributed by atoms with Crippen molar-refractivity contribution in [1.82, 2.24) is 0 Å². The van der Waals surface area contributed by atoms with Gasteiger partial charge in [0.2, 0.25) is 0 Å². The normalized spacial score (nSPS) is 10.4. The maximum Gasteiger partial charge on any atom is 0.125 e. The van der Waals surface area contributed by atoms with Crippen molar-refractivity contribution < 1.29 is 9.47 Å². The maximum atomic E-state index is 6.14. The van der Waals surface area contributed by atoms with Crippen LogP contribution in [0.3, 0.4) is 0 Å². The van der Waals surface area contributed by atoms with Gasteiger partial charge in [0.15, 0.2) is 0 Å². The van der Waals surface area contributed by atoms with E-state index < -0.39 is 0 Å². The van der Waals surface area contributed by atoms with E-state index in [4.69, 9.17) is 32.7 Å². The summed E-state index contributed by atoms with van der Waals surface area (Å²) in [5, 5.41) is 1.96. The first-order valence-corrected chi connectivity index (χ1v) is 7.82. The summed E-state index contributed by atoms with van der Waals surface area (Å²) in [7, 11) is 1.62. The van der Waals surface area contributed by atoms with Crippen LogP contribution in [-0.4, -0.2) is 7.11 Å². The first kappa shape index (κ1) is 15.5. The van der Waals surface area contributed by atoms with Crippen molar-refractivity contribution >= 4 is 39.1 Å². The lowest BCUT2D eigenvalue weighted by atomic mass is 10.2. The average Bonchev–Trinajstić information content (AvgIpc) is 2.45. The van der Waals surface area contributed by atoms with Gasteiger partial charge in [-0.25, -0.2) is 0 Å². The van der Waals surface area contributed by atoms with E-state index in [9.17, 15) is 0 Å². The number of hydrogen-bond donors (Lipinski definition) is 0. The monoisotopic (exact) mass is 374 g/mol. The fourth-order valence-electron chi connectivity index (χ4n) is 1.82. The van der Waals surface area contributed by atoms with Crippen LogP contribution in [0.15, 0.2) is 36.4 Å². The topological polar surface area (TPSA) is 18.5 Å². The molecule has 0 aromatic heterocycles. The number of hydrogen-bond acceptors (Lipinski definition) is 2. The number of rotatable bonds is 5. The van der Waals surface area contributed by atoms with Crippen molar-refractivity contribution in [1.29, 1.82) is 0 Å². The van der Waals surface area contributed by atoms with Crippen molar-refractivity contribution in [2.24, 2.45) is 0 Å². The summed E-state index contributed by atoms with van der Waals surface area (Å²) in [6, 6.07) is 11.0. The molecule has 0 fully saturated rings. The highest BCUT2D eigenvalue weighted by molar-refractivity contribution is 9.08. The maximum absolute atomic E-state index is 6.14. The van der Waals surface area contributed by atoms with Gasteiger partial charge < -0.3 is 9.47 Å². The third-order valence-corrected chi connectivity index (χ3v) is 3.99. The van der Waals surface area contributed by atoms with E-state index in [2.05, 4.69) is 15.9 Å². The second-order valence-corrected chi connectivity index (χ2v) is 5.50. The molecule has 2 aromatic rings. The van der Waals surface area contributed by atoms with Crippen LogP contribution >= 0.6 is 39.1 Å². The highest BCUT2D eigenvalue weighted by Gasteiger charge is 2.09. The van der Waals surface area contributed by atoms with Gasteiger partial charge in [0.05, 0.1) is 7.11 Å². The predicted octanol–water partition coefficient (Wildman–Crippen LogP) is 5.48. The van der Waals surface area contributed by atoms with Crippen LogP contribution < -0.4 is 9.47 Å². The van der Waals surface area contributed by atoms with E-state index in [1.165, 1.54) is 0 Å². The summed E-state index contributed by atoms with van der Waals surface area (Å²) >= 11 is 15.6. The lowest BCUT2D eigenvalue weighted by molar-refractivity contribution is 0.294. The van der Waals surface area contributed by atoms with E-state index in [0.29, 0.717) is 22.0 Å². The zero-order valence-corrected chi connectivity index (χ0v) is 13.9. The first-order valence-electron chi connectivity index (χ1n) is 5.94. The van der Waals surface area contributed by atoms with Crippen LogP contribution in [0.4, 0.5) is 0 Å². The molecule has 0 heterocycles. The third-order valence-electron chi connectivity index (χ3n) is 2.84. The van der Waals surface area contributed by atoms with E-state index in [-0.39, 0.29) is 0 Å². The highest BCUT2D eigenvalue weighted by atomic mass is 79.9. The largest absolute Gasteiger partial charge is 0.496 e. The second kappa shape index (κ2) is 7.21. The van der Waals surface area contributed by atoms with Gasteiger partial charge in [-0.3, -0.25) is 0 Å². The molecule has 0 radical (unpaired) electrons. The van der Waals surface area contributed by atoms with E-state index in [0.717, 1.165) is 22.6 Å². The van der Waals surface area contributed by atoms with Crippen LogP contribution in [0.5, 0.6) is 11.5 Å². The standard InChI is InChI=1S/C15H13BrCl2O2/c1-19-14-6-5-11(17)7-10(14)9-20-15-4-2-3-13(18)12(15)8-16/h2-7H,8-9H2,1H3. The lowest BCUT2D eigenvalue weighted by Crippen LogP contribution is -2.00. The summed E-state index contributed by atoms with van der Waals surface area (Å²) in [5.74, 6) is 1.49. The highest BCUT2D eigenvalue weighted by Crippen LogP contribution is 2.30. The molecule has 0 aliphatic heterocycles. The fourth-order valence-corrected chi connectivity index (χ4v) is 2.99. The molecule has 0 bridgehead atoms. The molecule has 2 aromatic carbocycles. The summed E-state index contributed by atoms with van der Waals surface area (Å²) in [5.41, 5.74) is 1.82. The Balaban J connectivity index is 2.21.